The van der Waals surface area contributed by atoms with Crippen molar-refractivity contribution >= 4 is 27.6 Å². The molecular formula is C9H10BrNO2. The number of nitrogens with one attached hydrogen (secondary N) is 1. The van der Waals surface area contributed by atoms with Crippen molar-refractivity contribution in [2.45, 2.75) is 6.92 Å². The number of benzene rings is 1. The molecule has 0 atom stereocenters. The van der Waals surface area contributed by atoms with E-state index in [1.54, 1.807) is 12.1 Å². The van der Waals surface area contributed by atoms with Gasteiger partial charge >= 0.3 is 5.97 Å². The molecule has 2 N–H and O–H groups in total. The monoisotopic (exact) mass is 243 g/mol. The van der Waals surface area contributed by atoms with Crippen molar-refractivity contribution in [1.82, 2.24) is 0 Å². The maximum atomic E-state index is 10.8. The van der Waals surface area contributed by atoms with Gasteiger partial charge in [0.25, 0.3) is 0 Å². The minimum atomic E-state index is -0.919. The predicted molar refractivity (Wildman–Crippen MR) is 55.3 cm³/mol. The summed E-state index contributed by atoms with van der Waals surface area (Å²) >= 11 is 3.29. The number of para-hydroxylation sites is 1. The molecule has 13 heavy (non-hydrogen) atoms. The molecule has 0 bridgehead atoms. The number of aromatic carboxylic acids is 1. The van der Waals surface area contributed by atoms with E-state index in [1.165, 1.54) is 0 Å². The summed E-state index contributed by atoms with van der Waals surface area (Å²) in [7, 11) is 0. The zero-order valence-electron chi connectivity index (χ0n) is 7.17. The molecule has 0 saturated heterocycles. The largest absolute Gasteiger partial charge is 0.478 e. The van der Waals surface area contributed by atoms with Crippen LogP contribution in [-0.4, -0.2) is 17.6 Å². The highest BCUT2D eigenvalue weighted by molar-refractivity contribution is 9.10. The van der Waals surface area contributed by atoms with Crippen LogP contribution in [0.2, 0.25) is 0 Å². The normalized spacial score (nSPS) is 9.69. The second-order valence-electron chi connectivity index (χ2n) is 2.50. The quantitative estimate of drug-likeness (QED) is 0.859. The Hall–Kier alpha value is -1.03. The summed E-state index contributed by atoms with van der Waals surface area (Å²) in [5.41, 5.74) is 0.925. The van der Waals surface area contributed by atoms with Crippen molar-refractivity contribution in [1.29, 1.82) is 0 Å². The molecule has 0 radical (unpaired) electrons. The van der Waals surface area contributed by atoms with E-state index in [0.29, 0.717) is 12.2 Å². The summed E-state index contributed by atoms with van der Waals surface area (Å²) in [6.45, 7) is 2.62. The van der Waals surface area contributed by atoms with Gasteiger partial charge in [0.15, 0.2) is 0 Å². The highest BCUT2D eigenvalue weighted by atomic mass is 79.9. The van der Waals surface area contributed by atoms with Crippen LogP contribution >= 0.6 is 15.9 Å². The predicted octanol–water partition coefficient (Wildman–Crippen LogP) is 2.58. The van der Waals surface area contributed by atoms with Gasteiger partial charge in [-0.2, -0.15) is 0 Å². The number of hydrogen-bond donors (Lipinski definition) is 2. The van der Waals surface area contributed by atoms with Crippen LogP contribution in [-0.2, 0) is 0 Å². The summed E-state index contributed by atoms with van der Waals surface area (Å²) in [4.78, 5) is 10.8. The number of rotatable bonds is 3. The van der Waals surface area contributed by atoms with Gasteiger partial charge in [0.2, 0.25) is 0 Å². The molecule has 0 aromatic heterocycles. The number of carboxylic acids is 1. The molecule has 0 aliphatic rings. The van der Waals surface area contributed by atoms with Crippen molar-refractivity contribution in [2.24, 2.45) is 0 Å². The molecule has 70 valence electrons. The summed E-state index contributed by atoms with van der Waals surface area (Å²) < 4.78 is 0.772. The summed E-state index contributed by atoms with van der Waals surface area (Å²) in [5.74, 6) is -0.919. The standard InChI is InChI=1S/C9H10BrNO2/c1-2-11-8-6(9(12)13)4-3-5-7(8)10/h3-5,11H,2H2,1H3,(H,12,13). The second kappa shape index (κ2) is 4.28. The van der Waals surface area contributed by atoms with Gasteiger partial charge in [-0.15, -0.1) is 0 Å². The Morgan fingerprint density at radius 3 is 2.85 bits per heavy atom. The van der Waals surface area contributed by atoms with E-state index in [4.69, 9.17) is 5.11 Å². The average molecular weight is 244 g/mol. The van der Waals surface area contributed by atoms with E-state index in [-0.39, 0.29) is 5.56 Å². The van der Waals surface area contributed by atoms with Crippen molar-refractivity contribution < 1.29 is 9.90 Å². The smallest absolute Gasteiger partial charge is 0.337 e. The Morgan fingerprint density at radius 2 is 2.31 bits per heavy atom. The van der Waals surface area contributed by atoms with Crippen LogP contribution in [0.25, 0.3) is 0 Å². The fourth-order valence-corrected chi connectivity index (χ4v) is 1.57. The van der Waals surface area contributed by atoms with Gasteiger partial charge in [-0.1, -0.05) is 6.07 Å². The van der Waals surface area contributed by atoms with Gasteiger partial charge in [-0.05, 0) is 35.0 Å². The van der Waals surface area contributed by atoms with Gasteiger partial charge in [0.05, 0.1) is 11.3 Å². The lowest BCUT2D eigenvalue weighted by molar-refractivity contribution is 0.0698. The van der Waals surface area contributed by atoms with Crippen molar-refractivity contribution in [2.75, 3.05) is 11.9 Å². The van der Waals surface area contributed by atoms with E-state index in [2.05, 4.69) is 21.2 Å². The lowest BCUT2D eigenvalue weighted by Crippen LogP contribution is -2.06. The Labute approximate surface area is 84.9 Å². The zero-order valence-corrected chi connectivity index (χ0v) is 8.76. The molecule has 0 unspecified atom stereocenters. The molecule has 0 fully saturated rings. The molecule has 0 saturated carbocycles. The number of carboxylic acid groups (broad SMARTS) is 1. The fourth-order valence-electron chi connectivity index (χ4n) is 1.06. The summed E-state index contributed by atoms with van der Waals surface area (Å²) in [6, 6.07) is 5.09. The van der Waals surface area contributed by atoms with E-state index in [1.807, 2.05) is 13.0 Å². The number of hydrogen-bond acceptors (Lipinski definition) is 2. The van der Waals surface area contributed by atoms with E-state index < -0.39 is 5.97 Å². The van der Waals surface area contributed by atoms with Crippen LogP contribution in [0.3, 0.4) is 0 Å². The molecule has 4 heteroatoms. The maximum absolute atomic E-state index is 10.8. The SMILES string of the molecule is CCNc1c(Br)cccc1C(=O)O. The molecule has 1 aromatic rings. The van der Waals surface area contributed by atoms with Crippen LogP contribution in [0.15, 0.2) is 22.7 Å². The minimum absolute atomic E-state index is 0.288. The van der Waals surface area contributed by atoms with Crippen molar-refractivity contribution in [3.05, 3.63) is 28.2 Å². The third-order valence-corrected chi connectivity index (χ3v) is 2.26. The van der Waals surface area contributed by atoms with E-state index in [0.717, 1.165) is 4.47 Å². The summed E-state index contributed by atoms with van der Waals surface area (Å²) in [6.07, 6.45) is 0. The highest BCUT2D eigenvalue weighted by Crippen LogP contribution is 2.26. The molecule has 0 aliphatic heterocycles. The van der Waals surface area contributed by atoms with Gasteiger partial charge in [0.1, 0.15) is 0 Å². The lowest BCUT2D eigenvalue weighted by atomic mass is 10.2. The molecule has 0 spiro atoms. The molecule has 0 amide bonds. The van der Waals surface area contributed by atoms with E-state index in [9.17, 15) is 4.79 Å². The van der Waals surface area contributed by atoms with Crippen LogP contribution < -0.4 is 5.32 Å². The van der Waals surface area contributed by atoms with Crippen LogP contribution in [0.4, 0.5) is 5.69 Å². The Bertz CT molecular complexity index is 325. The minimum Gasteiger partial charge on any atom is -0.478 e. The molecule has 0 heterocycles. The topological polar surface area (TPSA) is 49.3 Å². The number of carbonyl (C=O) groups is 1. The lowest BCUT2D eigenvalue weighted by Gasteiger charge is -2.08. The van der Waals surface area contributed by atoms with Crippen LogP contribution in [0.5, 0.6) is 0 Å². The third kappa shape index (κ3) is 2.21. The highest BCUT2D eigenvalue weighted by Gasteiger charge is 2.11. The third-order valence-electron chi connectivity index (χ3n) is 1.60. The van der Waals surface area contributed by atoms with Gasteiger partial charge < -0.3 is 10.4 Å². The van der Waals surface area contributed by atoms with Gasteiger partial charge in [-0.25, -0.2) is 4.79 Å². The first-order valence-corrected chi connectivity index (χ1v) is 4.71. The Balaban J connectivity index is 3.17. The first-order valence-electron chi connectivity index (χ1n) is 3.92. The summed E-state index contributed by atoms with van der Waals surface area (Å²) in [5, 5.41) is 11.9. The van der Waals surface area contributed by atoms with Gasteiger partial charge in [-0.3, -0.25) is 0 Å². The van der Waals surface area contributed by atoms with E-state index >= 15 is 0 Å². The zero-order chi connectivity index (χ0) is 9.84. The fraction of sp³-hybridized carbons (Fsp3) is 0.222. The second-order valence-corrected chi connectivity index (χ2v) is 3.35. The average Bonchev–Trinajstić information content (AvgIpc) is 2.08. The van der Waals surface area contributed by atoms with Crippen molar-refractivity contribution in [3.8, 4) is 0 Å². The Kier molecular flexibility index (Phi) is 3.31. The first-order chi connectivity index (χ1) is 6.16. The van der Waals surface area contributed by atoms with Crippen LogP contribution in [0, 0.1) is 0 Å². The number of anilines is 1. The molecule has 1 rings (SSSR count). The number of halogens is 1. The molecule has 1 aromatic carbocycles. The first kappa shape index (κ1) is 10.1. The van der Waals surface area contributed by atoms with Crippen LogP contribution in [0.1, 0.15) is 17.3 Å². The van der Waals surface area contributed by atoms with Crippen molar-refractivity contribution in [3.63, 3.8) is 0 Å². The molecule has 0 aliphatic carbocycles. The van der Waals surface area contributed by atoms with Gasteiger partial charge in [0, 0.05) is 11.0 Å². The maximum Gasteiger partial charge on any atom is 0.337 e. The Morgan fingerprint density at radius 1 is 1.62 bits per heavy atom. The molecular weight excluding hydrogens is 234 g/mol. The molecule has 3 nitrogen and oxygen atoms in total.